The Hall–Kier alpha value is -2.73. The minimum Gasteiger partial charge on any atom is -0.324 e. The SMILES string of the molecule is Cc1ccccc1NC(=O)C(C)N(C)C1CCN(c2ccccc2F)C1=O. The average molecular weight is 369 g/mol. The molecule has 142 valence electrons. The molecule has 27 heavy (non-hydrogen) atoms. The van der Waals surface area contributed by atoms with Crippen LogP contribution in [0.5, 0.6) is 0 Å². The summed E-state index contributed by atoms with van der Waals surface area (Å²) in [5, 5.41) is 2.92. The number of anilines is 2. The highest BCUT2D eigenvalue weighted by Gasteiger charge is 2.39. The van der Waals surface area contributed by atoms with Gasteiger partial charge in [0, 0.05) is 12.2 Å². The van der Waals surface area contributed by atoms with E-state index in [1.54, 1.807) is 37.1 Å². The van der Waals surface area contributed by atoms with E-state index >= 15 is 0 Å². The van der Waals surface area contributed by atoms with Crippen molar-refractivity contribution in [3.05, 3.63) is 59.9 Å². The number of carbonyl (C=O) groups excluding carboxylic acids is 2. The number of rotatable bonds is 5. The van der Waals surface area contributed by atoms with Crippen molar-refractivity contribution in [2.24, 2.45) is 0 Å². The van der Waals surface area contributed by atoms with E-state index in [1.165, 1.54) is 11.0 Å². The van der Waals surface area contributed by atoms with Crippen molar-refractivity contribution in [1.29, 1.82) is 0 Å². The number of amides is 2. The number of likely N-dealkylation sites (N-methyl/N-ethyl adjacent to an activating group) is 1. The number of benzene rings is 2. The first kappa shape index (κ1) is 19.0. The van der Waals surface area contributed by atoms with Crippen LogP contribution in [0, 0.1) is 12.7 Å². The van der Waals surface area contributed by atoms with E-state index in [-0.39, 0.29) is 17.5 Å². The van der Waals surface area contributed by atoms with Crippen molar-refractivity contribution in [3.8, 4) is 0 Å². The molecule has 2 amide bonds. The molecule has 1 heterocycles. The second kappa shape index (κ2) is 7.88. The number of carbonyl (C=O) groups is 2. The van der Waals surface area contributed by atoms with Crippen molar-refractivity contribution in [3.63, 3.8) is 0 Å². The highest BCUT2D eigenvalue weighted by Crippen LogP contribution is 2.27. The van der Waals surface area contributed by atoms with Gasteiger partial charge in [-0.25, -0.2) is 4.39 Å². The van der Waals surface area contributed by atoms with Gasteiger partial charge in [0.15, 0.2) is 0 Å². The average Bonchev–Trinajstić information content (AvgIpc) is 3.04. The molecule has 1 aliphatic rings. The molecular formula is C21H24FN3O2. The van der Waals surface area contributed by atoms with Gasteiger partial charge in [0.1, 0.15) is 5.82 Å². The molecule has 0 saturated carbocycles. The number of hydrogen-bond donors (Lipinski definition) is 1. The van der Waals surface area contributed by atoms with Gasteiger partial charge in [0.05, 0.1) is 17.8 Å². The van der Waals surface area contributed by atoms with Crippen LogP contribution in [0.2, 0.25) is 0 Å². The van der Waals surface area contributed by atoms with E-state index < -0.39 is 17.9 Å². The lowest BCUT2D eigenvalue weighted by Crippen LogP contribution is -2.48. The highest BCUT2D eigenvalue weighted by atomic mass is 19.1. The smallest absolute Gasteiger partial charge is 0.244 e. The van der Waals surface area contributed by atoms with Crippen LogP contribution in [0.15, 0.2) is 48.5 Å². The van der Waals surface area contributed by atoms with Crippen molar-refractivity contribution < 1.29 is 14.0 Å². The van der Waals surface area contributed by atoms with Gasteiger partial charge in [-0.1, -0.05) is 30.3 Å². The Morgan fingerprint density at radius 2 is 1.89 bits per heavy atom. The largest absolute Gasteiger partial charge is 0.324 e. The van der Waals surface area contributed by atoms with Crippen molar-refractivity contribution in [2.75, 3.05) is 23.8 Å². The first-order chi connectivity index (χ1) is 12.9. The number of nitrogens with zero attached hydrogens (tertiary/aromatic N) is 2. The van der Waals surface area contributed by atoms with Gasteiger partial charge in [-0.3, -0.25) is 14.5 Å². The van der Waals surface area contributed by atoms with Gasteiger partial charge in [-0.2, -0.15) is 0 Å². The van der Waals surface area contributed by atoms with E-state index in [9.17, 15) is 14.0 Å². The molecule has 2 aromatic rings. The minimum atomic E-state index is -0.501. The van der Waals surface area contributed by atoms with Crippen molar-refractivity contribution >= 4 is 23.2 Å². The van der Waals surface area contributed by atoms with Crippen LogP contribution in [-0.2, 0) is 9.59 Å². The molecule has 2 atom stereocenters. The Morgan fingerprint density at radius 1 is 1.22 bits per heavy atom. The molecule has 2 aromatic carbocycles. The van der Waals surface area contributed by atoms with E-state index in [2.05, 4.69) is 5.32 Å². The van der Waals surface area contributed by atoms with E-state index in [1.807, 2.05) is 31.2 Å². The summed E-state index contributed by atoms with van der Waals surface area (Å²) in [5.74, 6) is -0.776. The maximum Gasteiger partial charge on any atom is 0.244 e. The Morgan fingerprint density at radius 3 is 2.59 bits per heavy atom. The zero-order chi connectivity index (χ0) is 19.6. The molecule has 2 unspecified atom stereocenters. The predicted octanol–water partition coefficient (Wildman–Crippen LogP) is 3.20. The Labute approximate surface area is 158 Å². The molecule has 0 aromatic heterocycles. The maximum atomic E-state index is 14.0. The summed E-state index contributed by atoms with van der Waals surface area (Å²) >= 11 is 0. The molecule has 0 bridgehead atoms. The van der Waals surface area contributed by atoms with E-state index in [0.717, 1.165) is 11.3 Å². The molecule has 1 fully saturated rings. The molecule has 1 N–H and O–H groups in total. The molecule has 5 nitrogen and oxygen atoms in total. The molecule has 1 saturated heterocycles. The summed E-state index contributed by atoms with van der Waals surface area (Å²) < 4.78 is 14.0. The zero-order valence-electron chi connectivity index (χ0n) is 15.8. The monoisotopic (exact) mass is 369 g/mol. The second-order valence-electron chi connectivity index (χ2n) is 6.89. The summed E-state index contributed by atoms with van der Waals surface area (Å²) in [6.07, 6.45) is 0.547. The minimum absolute atomic E-state index is 0.177. The standard InChI is InChI=1S/C21H24FN3O2/c1-14-8-4-6-10-17(14)23-20(26)15(2)24(3)19-12-13-25(21(19)27)18-11-7-5-9-16(18)22/h4-11,15,19H,12-13H2,1-3H3,(H,23,26). The predicted molar refractivity (Wildman–Crippen MR) is 104 cm³/mol. The van der Waals surface area contributed by atoms with Crippen LogP contribution in [0.25, 0.3) is 0 Å². The van der Waals surface area contributed by atoms with Crippen LogP contribution in [0.3, 0.4) is 0 Å². The van der Waals surface area contributed by atoms with Crippen LogP contribution >= 0.6 is 0 Å². The molecule has 6 heteroatoms. The van der Waals surface area contributed by atoms with Crippen LogP contribution in [-0.4, -0.2) is 42.4 Å². The highest BCUT2D eigenvalue weighted by molar-refractivity contribution is 6.00. The number of aryl methyl sites for hydroxylation is 1. The normalized spacial score (nSPS) is 18.0. The molecule has 3 rings (SSSR count). The van der Waals surface area contributed by atoms with Gasteiger partial charge in [0.2, 0.25) is 11.8 Å². The summed E-state index contributed by atoms with van der Waals surface area (Å²) in [4.78, 5) is 28.7. The molecule has 0 radical (unpaired) electrons. The van der Waals surface area contributed by atoms with Crippen molar-refractivity contribution in [2.45, 2.75) is 32.4 Å². The quantitative estimate of drug-likeness (QED) is 0.881. The van der Waals surface area contributed by atoms with E-state index in [4.69, 9.17) is 0 Å². The summed E-state index contributed by atoms with van der Waals surface area (Å²) in [6, 6.07) is 12.8. The van der Waals surface area contributed by atoms with Crippen molar-refractivity contribution in [1.82, 2.24) is 4.90 Å². The fourth-order valence-corrected chi connectivity index (χ4v) is 3.36. The Balaban J connectivity index is 1.69. The third kappa shape index (κ3) is 3.85. The first-order valence-corrected chi connectivity index (χ1v) is 9.04. The first-order valence-electron chi connectivity index (χ1n) is 9.04. The van der Waals surface area contributed by atoms with Crippen LogP contribution < -0.4 is 10.2 Å². The van der Waals surface area contributed by atoms with Crippen LogP contribution in [0.1, 0.15) is 18.9 Å². The lowest BCUT2D eigenvalue weighted by atomic mass is 10.1. The van der Waals surface area contributed by atoms with Gasteiger partial charge in [0.25, 0.3) is 0 Å². The fraction of sp³-hybridized carbons (Fsp3) is 0.333. The third-order valence-electron chi connectivity index (χ3n) is 5.21. The third-order valence-corrected chi connectivity index (χ3v) is 5.21. The number of hydrogen-bond acceptors (Lipinski definition) is 3. The lowest BCUT2D eigenvalue weighted by Gasteiger charge is -2.29. The fourth-order valence-electron chi connectivity index (χ4n) is 3.36. The summed E-state index contributed by atoms with van der Waals surface area (Å²) in [6.45, 7) is 4.13. The number of nitrogens with one attached hydrogen (secondary N) is 1. The number of halogens is 1. The lowest BCUT2D eigenvalue weighted by molar-refractivity contribution is -0.125. The molecule has 1 aliphatic heterocycles. The number of para-hydroxylation sites is 2. The van der Waals surface area contributed by atoms with E-state index in [0.29, 0.717) is 13.0 Å². The zero-order valence-corrected chi connectivity index (χ0v) is 15.8. The maximum absolute atomic E-state index is 14.0. The molecule has 0 spiro atoms. The van der Waals surface area contributed by atoms with Gasteiger partial charge < -0.3 is 10.2 Å². The Bertz CT molecular complexity index is 855. The van der Waals surface area contributed by atoms with Gasteiger partial charge in [-0.15, -0.1) is 0 Å². The summed E-state index contributed by atoms with van der Waals surface area (Å²) in [7, 11) is 1.76. The van der Waals surface area contributed by atoms with Crippen LogP contribution in [0.4, 0.5) is 15.8 Å². The molecular weight excluding hydrogens is 345 g/mol. The molecule has 0 aliphatic carbocycles. The second-order valence-corrected chi connectivity index (χ2v) is 6.89. The topological polar surface area (TPSA) is 52.7 Å². The Kier molecular flexibility index (Phi) is 5.56. The van der Waals surface area contributed by atoms with Gasteiger partial charge >= 0.3 is 0 Å². The summed E-state index contributed by atoms with van der Waals surface area (Å²) in [5.41, 5.74) is 2.02. The van der Waals surface area contributed by atoms with Gasteiger partial charge in [-0.05, 0) is 51.1 Å².